The standard InChI is InChI=1S/C8H7ClFNO2/c1-5-6(4-9)8(11(12)13)3-2-7(5)10/h2-3H,4H2,1H3. The van der Waals surface area contributed by atoms with E-state index in [1.165, 1.54) is 6.92 Å². The zero-order valence-corrected chi connectivity index (χ0v) is 7.64. The van der Waals surface area contributed by atoms with E-state index in [9.17, 15) is 14.5 Å². The Hall–Kier alpha value is -1.16. The van der Waals surface area contributed by atoms with Crippen molar-refractivity contribution in [3.8, 4) is 0 Å². The second kappa shape index (κ2) is 3.70. The second-order valence-electron chi connectivity index (χ2n) is 2.56. The van der Waals surface area contributed by atoms with Crippen LogP contribution in [0.2, 0.25) is 0 Å². The van der Waals surface area contributed by atoms with E-state index in [1.54, 1.807) is 0 Å². The van der Waals surface area contributed by atoms with Gasteiger partial charge in [-0.05, 0) is 18.6 Å². The molecule has 1 aromatic carbocycles. The van der Waals surface area contributed by atoms with Gasteiger partial charge in [-0.15, -0.1) is 11.6 Å². The van der Waals surface area contributed by atoms with Gasteiger partial charge in [0.15, 0.2) is 0 Å². The quantitative estimate of drug-likeness (QED) is 0.421. The van der Waals surface area contributed by atoms with E-state index in [-0.39, 0.29) is 22.7 Å². The van der Waals surface area contributed by atoms with Crippen LogP contribution in [0.4, 0.5) is 10.1 Å². The fraction of sp³-hybridized carbons (Fsp3) is 0.250. The Balaban J connectivity index is 3.38. The fourth-order valence-electron chi connectivity index (χ4n) is 1.05. The maximum atomic E-state index is 12.9. The predicted octanol–water partition coefficient (Wildman–Crippen LogP) is 2.78. The lowest BCUT2D eigenvalue weighted by atomic mass is 10.1. The van der Waals surface area contributed by atoms with E-state index < -0.39 is 10.7 Å². The van der Waals surface area contributed by atoms with Crippen LogP contribution < -0.4 is 0 Å². The lowest BCUT2D eigenvalue weighted by molar-refractivity contribution is -0.385. The molecule has 0 aliphatic rings. The lowest BCUT2D eigenvalue weighted by Crippen LogP contribution is -1.98. The first-order chi connectivity index (χ1) is 6.07. The number of alkyl halides is 1. The molecule has 0 bridgehead atoms. The molecular weight excluding hydrogens is 197 g/mol. The molecule has 0 atom stereocenters. The zero-order chi connectivity index (χ0) is 10.0. The van der Waals surface area contributed by atoms with E-state index in [0.29, 0.717) is 0 Å². The van der Waals surface area contributed by atoms with Crippen LogP contribution >= 0.6 is 11.6 Å². The second-order valence-corrected chi connectivity index (χ2v) is 2.83. The van der Waals surface area contributed by atoms with Crippen molar-refractivity contribution in [2.45, 2.75) is 12.8 Å². The third-order valence-electron chi connectivity index (χ3n) is 1.84. The van der Waals surface area contributed by atoms with Crippen molar-refractivity contribution in [1.29, 1.82) is 0 Å². The Morgan fingerprint density at radius 3 is 2.69 bits per heavy atom. The van der Waals surface area contributed by atoms with Gasteiger partial charge in [0.05, 0.1) is 16.4 Å². The van der Waals surface area contributed by atoms with Gasteiger partial charge in [-0.3, -0.25) is 10.1 Å². The number of nitro benzene ring substituents is 1. The molecular formula is C8H7ClFNO2. The number of rotatable bonds is 2. The highest BCUT2D eigenvalue weighted by Crippen LogP contribution is 2.25. The van der Waals surface area contributed by atoms with Crippen molar-refractivity contribution in [1.82, 2.24) is 0 Å². The highest BCUT2D eigenvalue weighted by Gasteiger charge is 2.17. The maximum Gasteiger partial charge on any atom is 0.274 e. The van der Waals surface area contributed by atoms with E-state index in [4.69, 9.17) is 11.6 Å². The van der Waals surface area contributed by atoms with Gasteiger partial charge in [0, 0.05) is 6.07 Å². The van der Waals surface area contributed by atoms with Gasteiger partial charge in [-0.1, -0.05) is 0 Å². The third-order valence-corrected chi connectivity index (χ3v) is 2.11. The van der Waals surface area contributed by atoms with Crippen LogP contribution in [0.1, 0.15) is 11.1 Å². The number of nitro groups is 1. The summed E-state index contributed by atoms with van der Waals surface area (Å²) < 4.78 is 12.9. The summed E-state index contributed by atoms with van der Waals surface area (Å²) in [5.74, 6) is -0.527. The Kier molecular flexibility index (Phi) is 2.83. The van der Waals surface area contributed by atoms with E-state index in [1.807, 2.05) is 0 Å². The summed E-state index contributed by atoms with van der Waals surface area (Å²) in [6.07, 6.45) is 0. The first-order valence-electron chi connectivity index (χ1n) is 3.56. The van der Waals surface area contributed by atoms with Gasteiger partial charge >= 0.3 is 0 Å². The molecule has 0 N–H and O–H groups in total. The average Bonchev–Trinajstić information content (AvgIpc) is 2.09. The lowest BCUT2D eigenvalue weighted by Gasteiger charge is -2.03. The molecule has 0 unspecified atom stereocenters. The van der Waals surface area contributed by atoms with Gasteiger partial charge in [0.1, 0.15) is 5.82 Å². The fourth-order valence-corrected chi connectivity index (χ4v) is 1.39. The summed E-state index contributed by atoms with van der Waals surface area (Å²) in [5, 5.41) is 10.5. The highest BCUT2D eigenvalue weighted by atomic mass is 35.5. The van der Waals surface area contributed by atoms with E-state index >= 15 is 0 Å². The topological polar surface area (TPSA) is 43.1 Å². The number of hydrogen-bond acceptors (Lipinski definition) is 2. The van der Waals surface area contributed by atoms with Crippen LogP contribution in [0.3, 0.4) is 0 Å². The normalized spacial score (nSPS) is 10.1. The highest BCUT2D eigenvalue weighted by molar-refractivity contribution is 6.17. The van der Waals surface area contributed by atoms with Crippen LogP contribution in [0.25, 0.3) is 0 Å². The average molecular weight is 204 g/mol. The molecule has 0 saturated heterocycles. The van der Waals surface area contributed by atoms with Gasteiger partial charge in [0.2, 0.25) is 0 Å². The van der Waals surface area contributed by atoms with Crippen molar-refractivity contribution in [3.05, 3.63) is 39.2 Å². The minimum atomic E-state index is -0.565. The molecule has 0 aliphatic carbocycles. The molecule has 3 nitrogen and oxygen atoms in total. The van der Waals surface area contributed by atoms with Crippen molar-refractivity contribution in [3.63, 3.8) is 0 Å². The number of benzene rings is 1. The Bertz CT molecular complexity index is 354. The van der Waals surface area contributed by atoms with E-state index in [2.05, 4.69) is 0 Å². The summed E-state index contributed by atoms with van der Waals surface area (Å²) in [7, 11) is 0. The molecule has 0 aromatic heterocycles. The van der Waals surface area contributed by atoms with Gasteiger partial charge < -0.3 is 0 Å². The Labute approximate surface area is 79.3 Å². The molecule has 1 rings (SSSR count). The molecule has 0 spiro atoms. The largest absolute Gasteiger partial charge is 0.274 e. The zero-order valence-electron chi connectivity index (χ0n) is 6.88. The molecule has 0 heterocycles. The monoisotopic (exact) mass is 203 g/mol. The number of halogens is 2. The molecule has 70 valence electrons. The summed E-state index contributed by atoms with van der Waals surface area (Å²) in [6, 6.07) is 2.20. The molecule has 0 fully saturated rings. The van der Waals surface area contributed by atoms with Crippen LogP contribution in [0, 0.1) is 22.9 Å². The van der Waals surface area contributed by atoms with Crippen molar-refractivity contribution < 1.29 is 9.31 Å². The minimum absolute atomic E-state index is 0.0556. The predicted molar refractivity (Wildman–Crippen MR) is 47.3 cm³/mol. The molecule has 0 amide bonds. The van der Waals surface area contributed by atoms with Crippen LogP contribution in [-0.4, -0.2) is 4.92 Å². The Morgan fingerprint density at radius 1 is 1.62 bits per heavy atom. The smallest absolute Gasteiger partial charge is 0.258 e. The summed E-state index contributed by atoms with van der Waals surface area (Å²) in [5.41, 5.74) is 0.352. The number of nitrogens with zero attached hydrogens (tertiary/aromatic N) is 1. The SMILES string of the molecule is Cc1c(F)ccc([N+](=O)[O-])c1CCl. The molecule has 1 aromatic rings. The van der Waals surface area contributed by atoms with Crippen molar-refractivity contribution >= 4 is 17.3 Å². The summed E-state index contributed by atoms with van der Waals surface area (Å²) >= 11 is 5.48. The van der Waals surface area contributed by atoms with Gasteiger partial charge in [-0.2, -0.15) is 0 Å². The van der Waals surface area contributed by atoms with E-state index in [0.717, 1.165) is 12.1 Å². The maximum absolute atomic E-state index is 12.9. The van der Waals surface area contributed by atoms with Crippen LogP contribution in [0.5, 0.6) is 0 Å². The Morgan fingerprint density at radius 2 is 2.23 bits per heavy atom. The third kappa shape index (κ3) is 1.78. The summed E-state index contributed by atoms with van der Waals surface area (Å²) in [6.45, 7) is 1.47. The van der Waals surface area contributed by atoms with Gasteiger partial charge in [-0.25, -0.2) is 4.39 Å². The van der Waals surface area contributed by atoms with Crippen LogP contribution in [0.15, 0.2) is 12.1 Å². The van der Waals surface area contributed by atoms with Crippen molar-refractivity contribution in [2.24, 2.45) is 0 Å². The molecule has 5 heteroatoms. The molecule has 0 aliphatic heterocycles. The first kappa shape index (κ1) is 9.92. The summed E-state index contributed by atoms with van der Waals surface area (Å²) in [4.78, 5) is 9.90. The first-order valence-corrected chi connectivity index (χ1v) is 4.09. The van der Waals surface area contributed by atoms with Crippen LogP contribution in [-0.2, 0) is 5.88 Å². The number of hydrogen-bond donors (Lipinski definition) is 0. The van der Waals surface area contributed by atoms with Gasteiger partial charge in [0.25, 0.3) is 5.69 Å². The minimum Gasteiger partial charge on any atom is -0.258 e. The molecule has 13 heavy (non-hydrogen) atoms. The molecule has 0 saturated carbocycles. The molecule has 0 radical (unpaired) electrons. The van der Waals surface area contributed by atoms with Crippen molar-refractivity contribution in [2.75, 3.05) is 0 Å².